The molecule has 2 atom stereocenters. The van der Waals surface area contributed by atoms with Gasteiger partial charge >= 0.3 is 12.1 Å². The molecule has 1 aromatic rings. The lowest BCUT2D eigenvalue weighted by Crippen LogP contribution is -2.37. The molecule has 2 rings (SSSR count). The van der Waals surface area contributed by atoms with Crippen molar-refractivity contribution in [2.24, 2.45) is 0 Å². The molecular formula is C24H36N2O5S. The Labute approximate surface area is 195 Å². The number of rotatable bonds is 6. The summed E-state index contributed by atoms with van der Waals surface area (Å²) < 4.78 is 10.9. The summed E-state index contributed by atoms with van der Waals surface area (Å²) in [5.41, 5.74) is 0.935. The van der Waals surface area contributed by atoms with Crippen LogP contribution in [0.1, 0.15) is 72.1 Å². The number of carbonyl (C=O) groups excluding carboxylic acids is 3. The summed E-state index contributed by atoms with van der Waals surface area (Å²) in [6.45, 7) is 13.7. The van der Waals surface area contributed by atoms with E-state index in [9.17, 15) is 14.4 Å². The van der Waals surface area contributed by atoms with Gasteiger partial charge in [-0.15, -0.1) is 0 Å². The first-order valence-corrected chi connectivity index (χ1v) is 11.8. The first kappa shape index (κ1) is 26.2. The molecule has 8 heteroatoms. The van der Waals surface area contributed by atoms with E-state index < -0.39 is 11.2 Å². The van der Waals surface area contributed by atoms with Crippen molar-refractivity contribution >= 4 is 28.9 Å². The van der Waals surface area contributed by atoms with Gasteiger partial charge < -0.3 is 14.8 Å². The van der Waals surface area contributed by atoms with Crippen molar-refractivity contribution in [2.75, 3.05) is 13.1 Å². The molecule has 1 heterocycles. The van der Waals surface area contributed by atoms with Crippen LogP contribution in [0.4, 0.5) is 4.79 Å². The fourth-order valence-electron chi connectivity index (χ4n) is 3.50. The molecule has 0 aliphatic carbocycles. The van der Waals surface area contributed by atoms with E-state index in [0.717, 1.165) is 11.1 Å². The van der Waals surface area contributed by atoms with E-state index in [1.165, 1.54) is 11.8 Å². The molecule has 7 nitrogen and oxygen atoms in total. The Hall–Kier alpha value is -2.06. The standard InChI is InChI=1S/C24H36N2O5S/c1-16(27)32-19-12-20(26(15-19)22(29)31-24(5,6)7)18-10-8-17(9-11-18)13-25-14-21(28)30-23(2,3)4/h8-11,19-20,25H,12-15H2,1-7H3/t19-,20-/m0/s1. The van der Waals surface area contributed by atoms with Crippen LogP contribution in [0, 0.1) is 0 Å². The minimum absolute atomic E-state index is 0.0418. The molecule has 178 valence electrons. The quantitative estimate of drug-likeness (QED) is 0.623. The van der Waals surface area contributed by atoms with Crippen LogP contribution >= 0.6 is 11.8 Å². The fraction of sp³-hybridized carbons (Fsp3) is 0.625. The molecule has 0 radical (unpaired) electrons. The van der Waals surface area contributed by atoms with Gasteiger partial charge in [0.1, 0.15) is 11.2 Å². The van der Waals surface area contributed by atoms with Crippen LogP contribution in [-0.2, 0) is 25.6 Å². The van der Waals surface area contributed by atoms with Crippen LogP contribution in [0.5, 0.6) is 0 Å². The lowest BCUT2D eigenvalue weighted by molar-refractivity contribution is -0.153. The van der Waals surface area contributed by atoms with Gasteiger partial charge in [0.05, 0.1) is 12.6 Å². The molecule has 0 bridgehead atoms. The molecular weight excluding hydrogens is 428 g/mol. The Bertz CT molecular complexity index is 811. The van der Waals surface area contributed by atoms with Gasteiger partial charge in [-0.05, 0) is 59.1 Å². The maximum Gasteiger partial charge on any atom is 0.410 e. The smallest absolute Gasteiger partial charge is 0.410 e. The highest BCUT2D eigenvalue weighted by molar-refractivity contribution is 8.14. The Morgan fingerprint density at radius 1 is 1.03 bits per heavy atom. The largest absolute Gasteiger partial charge is 0.459 e. The summed E-state index contributed by atoms with van der Waals surface area (Å²) in [5.74, 6) is -0.290. The second-order valence-corrected chi connectivity index (χ2v) is 11.5. The molecule has 0 spiro atoms. The monoisotopic (exact) mass is 464 g/mol. The lowest BCUT2D eigenvalue weighted by atomic mass is 10.0. The predicted molar refractivity (Wildman–Crippen MR) is 126 cm³/mol. The number of thioether (sulfide) groups is 1. The molecule has 1 aliphatic heterocycles. The molecule has 1 aliphatic rings. The van der Waals surface area contributed by atoms with Crippen molar-refractivity contribution in [2.45, 2.75) is 83.9 Å². The number of likely N-dealkylation sites (tertiary alicyclic amines) is 1. The number of amides is 1. The summed E-state index contributed by atoms with van der Waals surface area (Å²) in [7, 11) is 0. The third-order valence-electron chi connectivity index (χ3n) is 4.61. The van der Waals surface area contributed by atoms with Gasteiger partial charge in [-0.25, -0.2) is 4.79 Å². The Kier molecular flexibility index (Phi) is 8.76. The van der Waals surface area contributed by atoms with Crippen molar-refractivity contribution in [1.29, 1.82) is 0 Å². The minimum Gasteiger partial charge on any atom is -0.459 e. The summed E-state index contributed by atoms with van der Waals surface area (Å²) in [5, 5.41) is 3.18. The maximum absolute atomic E-state index is 12.8. The predicted octanol–water partition coefficient (Wildman–Crippen LogP) is 4.45. The van der Waals surface area contributed by atoms with Gasteiger partial charge in [0.15, 0.2) is 5.12 Å². The van der Waals surface area contributed by atoms with Gasteiger partial charge in [-0.2, -0.15) is 0 Å². The Morgan fingerprint density at radius 2 is 1.62 bits per heavy atom. The van der Waals surface area contributed by atoms with E-state index >= 15 is 0 Å². The van der Waals surface area contributed by atoms with Crippen LogP contribution in [0.2, 0.25) is 0 Å². The average Bonchev–Trinajstić information content (AvgIpc) is 3.02. The molecule has 0 saturated carbocycles. The maximum atomic E-state index is 12.8. The molecule has 1 N–H and O–H groups in total. The zero-order chi connectivity index (χ0) is 24.1. The van der Waals surface area contributed by atoms with Gasteiger partial charge in [-0.3, -0.25) is 14.5 Å². The van der Waals surface area contributed by atoms with Gasteiger partial charge in [0.2, 0.25) is 0 Å². The van der Waals surface area contributed by atoms with Crippen molar-refractivity contribution in [1.82, 2.24) is 10.2 Å². The molecule has 32 heavy (non-hydrogen) atoms. The molecule has 0 aromatic heterocycles. The number of hydrogen-bond donors (Lipinski definition) is 1. The first-order chi connectivity index (χ1) is 14.7. The zero-order valence-electron chi connectivity index (χ0n) is 20.2. The fourth-order valence-corrected chi connectivity index (χ4v) is 4.48. The third-order valence-corrected chi connectivity index (χ3v) is 5.61. The Morgan fingerprint density at radius 3 is 2.16 bits per heavy atom. The number of benzene rings is 1. The van der Waals surface area contributed by atoms with Crippen LogP contribution < -0.4 is 5.32 Å². The lowest BCUT2D eigenvalue weighted by Gasteiger charge is -2.28. The molecule has 0 unspecified atom stereocenters. The molecule has 1 saturated heterocycles. The van der Waals surface area contributed by atoms with Gasteiger partial charge in [0, 0.05) is 25.3 Å². The molecule has 1 fully saturated rings. The van der Waals surface area contributed by atoms with Crippen LogP contribution in [0.15, 0.2) is 24.3 Å². The first-order valence-electron chi connectivity index (χ1n) is 10.9. The van der Waals surface area contributed by atoms with Crippen LogP contribution in [-0.4, -0.2) is 51.6 Å². The highest BCUT2D eigenvalue weighted by Crippen LogP contribution is 2.38. The normalized spacial score (nSPS) is 19.0. The number of ether oxygens (including phenoxy) is 2. The minimum atomic E-state index is -0.586. The van der Waals surface area contributed by atoms with Crippen LogP contribution in [0.3, 0.4) is 0 Å². The van der Waals surface area contributed by atoms with E-state index in [0.29, 0.717) is 19.5 Å². The number of nitrogens with zero attached hydrogens (tertiary/aromatic N) is 1. The second-order valence-electron chi connectivity index (χ2n) is 10.0. The Balaban J connectivity index is 2.03. The average molecular weight is 465 g/mol. The number of nitrogens with one attached hydrogen (secondary N) is 1. The van der Waals surface area contributed by atoms with E-state index in [1.807, 2.05) is 65.8 Å². The van der Waals surface area contributed by atoms with E-state index in [-0.39, 0.29) is 35.0 Å². The number of hydrogen-bond acceptors (Lipinski definition) is 7. The second kappa shape index (κ2) is 10.7. The number of carbonyl (C=O) groups is 3. The summed E-state index contributed by atoms with van der Waals surface area (Å²) in [6, 6.07) is 7.80. The van der Waals surface area contributed by atoms with Crippen molar-refractivity contribution < 1.29 is 23.9 Å². The highest BCUT2D eigenvalue weighted by atomic mass is 32.2. The number of esters is 1. The SMILES string of the molecule is CC(=O)S[C@H]1C[C@@H](c2ccc(CNCC(=O)OC(C)(C)C)cc2)N(C(=O)OC(C)(C)C)C1. The topological polar surface area (TPSA) is 84.9 Å². The third kappa shape index (κ3) is 8.82. The van der Waals surface area contributed by atoms with E-state index in [2.05, 4.69) is 5.32 Å². The summed E-state index contributed by atoms with van der Waals surface area (Å²) in [6.07, 6.45) is 0.331. The van der Waals surface area contributed by atoms with E-state index in [4.69, 9.17) is 9.47 Å². The van der Waals surface area contributed by atoms with Crippen molar-refractivity contribution in [3.8, 4) is 0 Å². The van der Waals surface area contributed by atoms with Crippen molar-refractivity contribution in [3.63, 3.8) is 0 Å². The van der Waals surface area contributed by atoms with Crippen molar-refractivity contribution in [3.05, 3.63) is 35.4 Å². The molecule has 1 amide bonds. The summed E-state index contributed by atoms with van der Waals surface area (Å²) in [4.78, 5) is 38.0. The van der Waals surface area contributed by atoms with Crippen LogP contribution in [0.25, 0.3) is 0 Å². The van der Waals surface area contributed by atoms with E-state index in [1.54, 1.807) is 11.8 Å². The van der Waals surface area contributed by atoms with Gasteiger partial charge in [-0.1, -0.05) is 36.0 Å². The molecule has 1 aromatic carbocycles. The summed E-state index contributed by atoms with van der Waals surface area (Å²) >= 11 is 1.28. The highest BCUT2D eigenvalue weighted by Gasteiger charge is 2.39. The van der Waals surface area contributed by atoms with Gasteiger partial charge in [0.25, 0.3) is 0 Å². The zero-order valence-corrected chi connectivity index (χ0v) is 21.0.